The summed E-state index contributed by atoms with van der Waals surface area (Å²) in [6, 6.07) is 0. The molecule has 0 aliphatic carbocycles. The van der Waals surface area contributed by atoms with Crippen LogP contribution in [0.5, 0.6) is 0 Å². The van der Waals surface area contributed by atoms with E-state index in [0.717, 1.165) is 4.57 Å². The third-order valence-electron chi connectivity index (χ3n) is 3.96. The summed E-state index contributed by atoms with van der Waals surface area (Å²) < 4.78 is 3.76. The smallest absolute Gasteiger partial charge is 0.332 e. The fraction of sp³-hybridized carbons (Fsp3) is 0.533. The molecule has 2 rings (SSSR count). The summed E-state index contributed by atoms with van der Waals surface area (Å²) in [7, 11) is 2.89. The highest BCUT2D eigenvalue weighted by atomic mass is 16.4. The molecular formula is C15H21N5O5. The van der Waals surface area contributed by atoms with E-state index >= 15 is 0 Å². The minimum absolute atomic E-state index is 0.0325. The normalized spacial score (nSPS) is 11.0. The van der Waals surface area contributed by atoms with Gasteiger partial charge in [0.1, 0.15) is 6.54 Å². The largest absolute Gasteiger partial charge is 0.480 e. The van der Waals surface area contributed by atoms with Crippen LogP contribution in [-0.4, -0.2) is 53.7 Å². The standard InChI is InChI=1S/C15H21N5O5/c1-4-6-19(8-11(22)23)10(21)5-7-20-9-16-13-12(20)14(24)18(3)15(25)17(13)2/h9H,4-8H2,1-3H3,(H,22,23). The van der Waals surface area contributed by atoms with Crippen molar-refractivity contribution < 1.29 is 14.7 Å². The molecule has 2 aromatic heterocycles. The van der Waals surface area contributed by atoms with E-state index in [2.05, 4.69) is 4.98 Å². The van der Waals surface area contributed by atoms with Crippen LogP contribution in [0.3, 0.4) is 0 Å². The SMILES string of the molecule is CCCN(CC(=O)O)C(=O)CCn1cnc2c1c(=O)n(C)c(=O)n2C. The number of hydrogen-bond acceptors (Lipinski definition) is 5. The molecule has 0 saturated heterocycles. The molecule has 0 spiro atoms. The van der Waals surface area contributed by atoms with Gasteiger partial charge in [0.25, 0.3) is 5.56 Å². The van der Waals surface area contributed by atoms with E-state index < -0.39 is 17.2 Å². The average Bonchev–Trinajstić information content (AvgIpc) is 2.99. The summed E-state index contributed by atoms with van der Waals surface area (Å²) in [6.07, 6.45) is 2.08. The quantitative estimate of drug-likeness (QED) is 0.694. The van der Waals surface area contributed by atoms with Gasteiger partial charge >= 0.3 is 11.7 Å². The van der Waals surface area contributed by atoms with Crippen molar-refractivity contribution in [2.45, 2.75) is 26.3 Å². The number of fused-ring (bicyclic) bond motifs is 1. The van der Waals surface area contributed by atoms with Crippen molar-refractivity contribution in [3.8, 4) is 0 Å². The van der Waals surface area contributed by atoms with Gasteiger partial charge in [-0.05, 0) is 6.42 Å². The number of nitrogens with zero attached hydrogens (tertiary/aromatic N) is 5. The van der Waals surface area contributed by atoms with Crippen molar-refractivity contribution >= 4 is 23.0 Å². The van der Waals surface area contributed by atoms with Crippen LogP contribution in [-0.2, 0) is 30.2 Å². The highest BCUT2D eigenvalue weighted by Crippen LogP contribution is 2.07. The Kier molecular flexibility index (Phi) is 5.40. The molecule has 1 N–H and O–H groups in total. The number of aryl methyl sites for hydroxylation is 2. The number of rotatable bonds is 7. The first-order valence-corrected chi connectivity index (χ1v) is 7.88. The maximum absolute atomic E-state index is 12.3. The lowest BCUT2D eigenvalue weighted by Gasteiger charge is -2.20. The van der Waals surface area contributed by atoms with E-state index in [0.29, 0.717) is 13.0 Å². The lowest BCUT2D eigenvalue weighted by atomic mass is 10.3. The van der Waals surface area contributed by atoms with E-state index in [1.54, 1.807) is 0 Å². The maximum atomic E-state index is 12.3. The van der Waals surface area contributed by atoms with Gasteiger partial charge < -0.3 is 14.6 Å². The second kappa shape index (κ2) is 7.32. The number of carbonyl (C=O) groups is 2. The Balaban J connectivity index is 2.27. The fourth-order valence-electron chi connectivity index (χ4n) is 2.67. The van der Waals surface area contributed by atoms with Crippen LogP contribution in [0, 0.1) is 0 Å². The number of aliphatic carboxylic acids is 1. The van der Waals surface area contributed by atoms with Crippen molar-refractivity contribution in [1.29, 1.82) is 0 Å². The monoisotopic (exact) mass is 351 g/mol. The first kappa shape index (κ1) is 18.4. The molecular weight excluding hydrogens is 330 g/mol. The summed E-state index contributed by atoms with van der Waals surface area (Å²) >= 11 is 0. The van der Waals surface area contributed by atoms with Crippen LogP contribution in [0.25, 0.3) is 11.2 Å². The van der Waals surface area contributed by atoms with Crippen LogP contribution < -0.4 is 11.2 Å². The molecule has 10 nitrogen and oxygen atoms in total. The minimum Gasteiger partial charge on any atom is -0.480 e. The van der Waals surface area contributed by atoms with Crippen LogP contribution >= 0.6 is 0 Å². The zero-order chi connectivity index (χ0) is 18.7. The Morgan fingerprint density at radius 3 is 2.52 bits per heavy atom. The van der Waals surface area contributed by atoms with Gasteiger partial charge in [0, 0.05) is 33.6 Å². The number of carboxylic acids is 1. The number of imidazole rings is 1. The Morgan fingerprint density at radius 2 is 1.92 bits per heavy atom. The van der Waals surface area contributed by atoms with Crippen LogP contribution in [0.1, 0.15) is 19.8 Å². The molecule has 0 aromatic carbocycles. The van der Waals surface area contributed by atoms with Crippen molar-refractivity contribution in [1.82, 2.24) is 23.6 Å². The van der Waals surface area contributed by atoms with Crippen molar-refractivity contribution in [2.75, 3.05) is 13.1 Å². The minimum atomic E-state index is -1.07. The van der Waals surface area contributed by atoms with Crippen molar-refractivity contribution in [3.05, 3.63) is 27.2 Å². The second-order valence-electron chi connectivity index (χ2n) is 5.77. The predicted octanol–water partition coefficient (Wildman–Crippen LogP) is -0.853. The number of carbonyl (C=O) groups excluding carboxylic acids is 1. The topological polar surface area (TPSA) is 119 Å². The Hall–Kier alpha value is -2.91. The third-order valence-corrected chi connectivity index (χ3v) is 3.96. The van der Waals surface area contributed by atoms with Gasteiger partial charge in [-0.1, -0.05) is 6.92 Å². The molecule has 0 fully saturated rings. The van der Waals surface area contributed by atoms with Crippen LogP contribution in [0.15, 0.2) is 15.9 Å². The van der Waals surface area contributed by atoms with Gasteiger partial charge in [0.2, 0.25) is 5.91 Å². The highest BCUT2D eigenvalue weighted by molar-refractivity contribution is 5.81. The Morgan fingerprint density at radius 1 is 1.24 bits per heavy atom. The average molecular weight is 351 g/mol. The zero-order valence-corrected chi connectivity index (χ0v) is 14.4. The fourth-order valence-corrected chi connectivity index (χ4v) is 2.67. The lowest BCUT2D eigenvalue weighted by molar-refractivity contribution is -0.144. The second-order valence-corrected chi connectivity index (χ2v) is 5.77. The van der Waals surface area contributed by atoms with Crippen molar-refractivity contribution in [2.24, 2.45) is 14.1 Å². The van der Waals surface area contributed by atoms with Crippen LogP contribution in [0.2, 0.25) is 0 Å². The van der Waals surface area contributed by atoms with Gasteiger partial charge in [-0.15, -0.1) is 0 Å². The molecule has 10 heteroatoms. The number of hydrogen-bond donors (Lipinski definition) is 1. The van der Waals surface area contributed by atoms with E-state index in [1.807, 2.05) is 6.92 Å². The lowest BCUT2D eigenvalue weighted by Crippen LogP contribution is -2.38. The maximum Gasteiger partial charge on any atom is 0.332 e. The van der Waals surface area contributed by atoms with E-state index in [4.69, 9.17) is 5.11 Å². The summed E-state index contributed by atoms with van der Waals surface area (Å²) in [5, 5.41) is 8.89. The highest BCUT2D eigenvalue weighted by Gasteiger charge is 2.18. The van der Waals surface area contributed by atoms with E-state index in [-0.39, 0.29) is 36.6 Å². The molecule has 0 bridgehead atoms. The molecule has 25 heavy (non-hydrogen) atoms. The Labute approximate surface area is 142 Å². The summed E-state index contributed by atoms with van der Waals surface area (Å²) in [4.78, 5) is 52.7. The first-order valence-electron chi connectivity index (χ1n) is 7.88. The summed E-state index contributed by atoms with van der Waals surface area (Å²) in [5.41, 5.74) is -0.484. The first-order chi connectivity index (χ1) is 11.8. The van der Waals surface area contributed by atoms with Crippen molar-refractivity contribution in [3.63, 3.8) is 0 Å². The molecule has 2 heterocycles. The molecule has 2 aromatic rings. The Bertz CT molecular complexity index is 923. The third kappa shape index (κ3) is 3.62. The molecule has 0 aliphatic rings. The zero-order valence-electron chi connectivity index (χ0n) is 14.4. The molecule has 0 saturated carbocycles. The van der Waals surface area contributed by atoms with Gasteiger partial charge in [0.15, 0.2) is 11.2 Å². The van der Waals surface area contributed by atoms with Gasteiger partial charge in [0.05, 0.1) is 6.33 Å². The van der Waals surface area contributed by atoms with E-state index in [9.17, 15) is 19.2 Å². The molecule has 0 aliphatic heterocycles. The molecule has 1 amide bonds. The predicted molar refractivity (Wildman–Crippen MR) is 89.3 cm³/mol. The number of amides is 1. The van der Waals surface area contributed by atoms with Crippen LogP contribution in [0.4, 0.5) is 0 Å². The van der Waals surface area contributed by atoms with Gasteiger partial charge in [-0.2, -0.15) is 0 Å². The van der Waals surface area contributed by atoms with E-state index in [1.165, 1.54) is 34.5 Å². The molecule has 0 radical (unpaired) electrons. The summed E-state index contributed by atoms with van der Waals surface area (Å²) in [6.45, 7) is 2.03. The molecule has 0 atom stereocenters. The molecule has 0 unspecified atom stereocenters. The van der Waals surface area contributed by atoms with Gasteiger partial charge in [-0.25, -0.2) is 9.78 Å². The summed E-state index contributed by atoms with van der Waals surface area (Å²) in [5.74, 6) is -1.38. The number of carboxylic acid groups (broad SMARTS) is 1. The molecule has 136 valence electrons. The van der Waals surface area contributed by atoms with Gasteiger partial charge in [-0.3, -0.25) is 23.5 Å². The number of aromatic nitrogens is 4.